The van der Waals surface area contributed by atoms with E-state index in [0.29, 0.717) is 17.6 Å². The number of furan rings is 1. The van der Waals surface area contributed by atoms with Gasteiger partial charge in [-0.3, -0.25) is 4.57 Å². The number of para-hydroxylation sites is 2. The van der Waals surface area contributed by atoms with Gasteiger partial charge in [0.1, 0.15) is 11.2 Å². The molecule has 69 heavy (non-hydrogen) atoms. The number of nitrogens with zero attached hydrogens (tertiary/aromatic N) is 5. The zero-order valence-electron chi connectivity index (χ0n) is 37.2. The Kier molecular flexibility index (Phi) is 8.79. The van der Waals surface area contributed by atoms with Crippen molar-refractivity contribution in [2.45, 2.75) is 0 Å². The first-order chi connectivity index (χ1) is 34.2. The van der Waals surface area contributed by atoms with E-state index in [1.54, 1.807) is 0 Å². The lowest BCUT2D eigenvalue weighted by Gasteiger charge is -2.15. The summed E-state index contributed by atoms with van der Waals surface area (Å²) < 4.78 is 11.4. The van der Waals surface area contributed by atoms with Crippen molar-refractivity contribution in [2.24, 2.45) is 0 Å². The molecule has 4 aromatic heterocycles. The van der Waals surface area contributed by atoms with Crippen LogP contribution in [0.5, 0.6) is 0 Å². The third-order valence-corrected chi connectivity index (χ3v) is 13.6. The average molecular weight is 882 g/mol. The average Bonchev–Trinajstić information content (AvgIpc) is 4.10. The van der Waals surface area contributed by atoms with Gasteiger partial charge in [0.05, 0.1) is 22.1 Å². The zero-order chi connectivity index (χ0) is 45.4. The molecule has 0 fully saturated rings. The fraction of sp³-hybridized carbons (Fsp3) is 0. The molecule has 0 bridgehead atoms. The van der Waals surface area contributed by atoms with Crippen LogP contribution < -0.4 is 0 Å². The number of hydrogen-bond acceptors (Lipinski definition) is 4. The molecule has 10 aromatic carbocycles. The van der Waals surface area contributed by atoms with Crippen LogP contribution in [-0.2, 0) is 0 Å². The van der Waals surface area contributed by atoms with E-state index in [-0.39, 0.29) is 0 Å². The molecule has 0 radical (unpaired) electrons. The Labute approximate surface area is 396 Å². The van der Waals surface area contributed by atoms with Crippen LogP contribution in [0.15, 0.2) is 241 Å². The van der Waals surface area contributed by atoms with Gasteiger partial charge in [0.2, 0.25) is 5.95 Å². The molecule has 6 heteroatoms. The minimum absolute atomic E-state index is 0.517. The highest BCUT2D eigenvalue weighted by Crippen LogP contribution is 2.46. The molecule has 0 aliphatic heterocycles. The SMILES string of the molecule is c1ccc(-c2cccc(-n3c4c(-c5ccccc5)cccc4c4ccc5c6ccccc6n(-c6nc(-c7ccccc7)nc(-c7cccc8oc9cccc(-c%10ccccc%10)c9c78)n6)c5c43)c2)cc1. The second-order valence-electron chi connectivity index (χ2n) is 17.5. The highest BCUT2D eigenvalue weighted by atomic mass is 16.3. The number of aromatic nitrogens is 5. The van der Waals surface area contributed by atoms with Gasteiger partial charge in [0.25, 0.3) is 0 Å². The van der Waals surface area contributed by atoms with Gasteiger partial charge in [-0.25, -0.2) is 4.98 Å². The molecule has 14 aromatic rings. The first-order valence-electron chi connectivity index (χ1n) is 23.3. The van der Waals surface area contributed by atoms with Crippen molar-refractivity contribution >= 4 is 65.6 Å². The van der Waals surface area contributed by atoms with Crippen LogP contribution in [0.4, 0.5) is 0 Å². The Morgan fingerprint density at radius 3 is 1.52 bits per heavy atom. The predicted octanol–water partition coefficient (Wildman–Crippen LogP) is 16.3. The van der Waals surface area contributed by atoms with Crippen LogP contribution in [-0.4, -0.2) is 24.1 Å². The van der Waals surface area contributed by atoms with E-state index < -0.39 is 0 Å². The lowest BCUT2D eigenvalue weighted by atomic mass is 9.97. The summed E-state index contributed by atoms with van der Waals surface area (Å²) in [5, 5.41) is 6.47. The first-order valence-corrected chi connectivity index (χ1v) is 23.3. The second kappa shape index (κ2) is 15.6. The Bertz CT molecular complexity index is 4290. The van der Waals surface area contributed by atoms with E-state index in [2.05, 4.69) is 203 Å². The summed E-state index contributed by atoms with van der Waals surface area (Å²) in [4.78, 5) is 16.4. The second-order valence-corrected chi connectivity index (χ2v) is 17.5. The van der Waals surface area contributed by atoms with Gasteiger partial charge in [-0.2, -0.15) is 9.97 Å². The fourth-order valence-electron chi connectivity index (χ4n) is 10.6. The summed E-state index contributed by atoms with van der Waals surface area (Å²) in [6, 6.07) is 83.3. The van der Waals surface area contributed by atoms with Gasteiger partial charge in [-0.05, 0) is 58.1 Å². The van der Waals surface area contributed by atoms with Crippen LogP contribution in [0.1, 0.15) is 0 Å². The van der Waals surface area contributed by atoms with E-state index in [9.17, 15) is 0 Å². The van der Waals surface area contributed by atoms with Crippen molar-refractivity contribution in [3.63, 3.8) is 0 Å². The van der Waals surface area contributed by atoms with Crippen LogP contribution >= 0.6 is 0 Å². The summed E-state index contributed by atoms with van der Waals surface area (Å²) in [5.41, 5.74) is 15.3. The molecule has 0 saturated heterocycles. The molecule has 4 heterocycles. The maximum absolute atomic E-state index is 6.64. The van der Waals surface area contributed by atoms with Gasteiger partial charge in [-0.15, -0.1) is 0 Å². The van der Waals surface area contributed by atoms with Gasteiger partial charge in [-0.1, -0.05) is 206 Å². The van der Waals surface area contributed by atoms with E-state index >= 15 is 0 Å². The summed E-state index contributed by atoms with van der Waals surface area (Å²) in [6.45, 7) is 0. The molecule has 0 atom stereocenters. The Balaban J connectivity index is 1.13. The molecular formula is C63H39N5O. The largest absolute Gasteiger partial charge is 0.456 e. The van der Waals surface area contributed by atoms with Crippen LogP contribution in [0, 0.1) is 0 Å². The lowest BCUT2D eigenvalue weighted by Crippen LogP contribution is -2.07. The van der Waals surface area contributed by atoms with E-state index in [4.69, 9.17) is 19.4 Å². The maximum atomic E-state index is 6.64. The third kappa shape index (κ3) is 6.16. The molecule has 322 valence electrons. The maximum Gasteiger partial charge on any atom is 0.238 e. The normalized spacial score (nSPS) is 11.8. The smallest absolute Gasteiger partial charge is 0.238 e. The van der Waals surface area contributed by atoms with Gasteiger partial charge >= 0.3 is 0 Å². The summed E-state index contributed by atoms with van der Waals surface area (Å²) in [7, 11) is 0. The standard InChI is InChI=1S/C63H39N5O/c1-5-19-40(20-6-1)44-27-15-28-45(39-44)67-58-47(42-23-9-3-10-24-42)31-16-32-49(58)51-38-37-50-48-29-13-14-34-53(48)68(60(50)59(51)67)63-65-61(43-25-11-4-12-26-43)64-62(66-63)52-33-18-36-55-57(52)56-46(30-17-35-54(56)69-55)41-21-7-2-8-22-41/h1-39H. The molecule has 0 spiro atoms. The minimum Gasteiger partial charge on any atom is -0.456 e. The molecule has 14 rings (SSSR count). The predicted molar refractivity (Wildman–Crippen MR) is 283 cm³/mol. The van der Waals surface area contributed by atoms with Crippen molar-refractivity contribution in [3.05, 3.63) is 237 Å². The van der Waals surface area contributed by atoms with Crippen molar-refractivity contribution in [3.8, 4) is 67.8 Å². The highest BCUT2D eigenvalue weighted by molar-refractivity contribution is 6.25. The number of hydrogen-bond donors (Lipinski definition) is 0. The van der Waals surface area contributed by atoms with Crippen LogP contribution in [0.2, 0.25) is 0 Å². The quantitative estimate of drug-likeness (QED) is 0.160. The van der Waals surface area contributed by atoms with Gasteiger partial charge in [0.15, 0.2) is 11.6 Å². The summed E-state index contributed by atoms with van der Waals surface area (Å²) in [5.74, 6) is 1.64. The van der Waals surface area contributed by atoms with Crippen molar-refractivity contribution < 1.29 is 4.42 Å². The Morgan fingerprint density at radius 2 is 0.797 bits per heavy atom. The van der Waals surface area contributed by atoms with Gasteiger partial charge < -0.3 is 8.98 Å². The van der Waals surface area contributed by atoms with Crippen LogP contribution in [0.3, 0.4) is 0 Å². The minimum atomic E-state index is 0.517. The Hall–Kier alpha value is -9.39. The van der Waals surface area contributed by atoms with Crippen molar-refractivity contribution in [1.82, 2.24) is 24.1 Å². The Morgan fingerprint density at radius 1 is 0.304 bits per heavy atom. The monoisotopic (exact) mass is 881 g/mol. The molecule has 0 amide bonds. The van der Waals surface area contributed by atoms with E-state index in [0.717, 1.165) is 116 Å². The lowest BCUT2D eigenvalue weighted by molar-refractivity contribution is 0.669. The molecule has 0 N–H and O–H groups in total. The number of rotatable bonds is 7. The van der Waals surface area contributed by atoms with Crippen LogP contribution in [0.25, 0.3) is 133 Å². The first kappa shape index (κ1) is 38.8. The number of fused-ring (bicyclic) bond motifs is 10. The fourth-order valence-corrected chi connectivity index (χ4v) is 10.6. The molecule has 6 nitrogen and oxygen atoms in total. The number of benzene rings is 10. The van der Waals surface area contributed by atoms with Crippen molar-refractivity contribution in [2.75, 3.05) is 0 Å². The third-order valence-electron chi connectivity index (χ3n) is 13.6. The molecular weight excluding hydrogens is 843 g/mol. The molecule has 0 saturated carbocycles. The highest BCUT2D eigenvalue weighted by Gasteiger charge is 2.26. The van der Waals surface area contributed by atoms with E-state index in [1.807, 2.05) is 42.5 Å². The molecule has 0 unspecified atom stereocenters. The summed E-state index contributed by atoms with van der Waals surface area (Å²) in [6.07, 6.45) is 0. The summed E-state index contributed by atoms with van der Waals surface area (Å²) >= 11 is 0. The topological polar surface area (TPSA) is 61.7 Å². The van der Waals surface area contributed by atoms with Gasteiger partial charge in [0, 0.05) is 54.7 Å². The van der Waals surface area contributed by atoms with E-state index in [1.165, 1.54) is 0 Å². The zero-order valence-corrected chi connectivity index (χ0v) is 37.2. The van der Waals surface area contributed by atoms with Crippen molar-refractivity contribution in [1.29, 1.82) is 0 Å². The molecule has 0 aliphatic rings. The molecule has 0 aliphatic carbocycles.